The zero-order valence-corrected chi connectivity index (χ0v) is 26.5. The van der Waals surface area contributed by atoms with Gasteiger partial charge in [0.1, 0.15) is 27.8 Å². The lowest BCUT2D eigenvalue weighted by molar-refractivity contribution is -0.150. The molecule has 0 bridgehead atoms. The van der Waals surface area contributed by atoms with Crippen molar-refractivity contribution in [2.24, 2.45) is 11.0 Å². The molecule has 2 aliphatic heterocycles. The molecule has 5 heterocycles. The number of carbonyl (C=O) groups excluding carboxylic acids is 3. The highest BCUT2D eigenvalue weighted by atomic mass is 32.2. The maximum atomic E-state index is 13.4. The van der Waals surface area contributed by atoms with Gasteiger partial charge in [-0.25, -0.2) is 25.1 Å². The van der Waals surface area contributed by atoms with E-state index in [-0.39, 0.29) is 40.3 Å². The molecule has 3 aromatic rings. The summed E-state index contributed by atoms with van der Waals surface area (Å²) >= 11 is 3.66. The summed E-state index contributed by atoms with van der Waals surface area (Å²) in [7, 11) is 0. The molecule has 3 amide bonds. The van der Waals surface area contributed by atoms with Crippen LogP contribution in [0.5, 0.6) is 0 Å². The molecule has 17 nitrogen and oxygen atoms in total. The summed E-state index contributed by atoms with van der Waals surface area (Å²) in [4.78, 5) is 66.1. The lowest BCUT2D eigenvalue weighted by Gasteiger charge is -2.49. The summed E-state index contributed by atoms with van der Waals surface area (Å²) in [6.45, 7) is 4.33. The Morgan fingerprint density at radius 1 is 1.31 bits per heavy atom. The van der Waals surface area contributed by atoms with Gasteiger partial charge in [0.15, 0.2) is 16.5 Å². The number of hydrogen-bond donors (Lipinski definition) is 6. The number of carbonyl (C=O) groups is 4. The number of aromatic nitrogens is 4. The second-order valence-electron chi connectivity index (χ2n) is 10.3. The molecule has 1 saturated heterocycles. The molecule has 0 spiro atoms. The van der Waals surface area contributed by atoms with Crippen molar-refractivity contribution in [1.29, 1.82) is 0 Å². The van der Waals surface area contributed by atoms with E-state index >= 15 is 0 Å². The number of aliphatic hydroxyl groups is 1. The van der Waals surface area contributed by atoms with Crippen LogP contribution in [0.3, 0.4) is 0 Å². The van der Waals surface area contributed by atoms with E-state index in [4.69, 9.17) is 16.4 Å². The Bertz CT molecular complexity index is 1770. The van der Waals surface area contributed by atoms with Crippen LogP contribution in [0.4, 0.5) is 5.13 Å². The molecule has 238 valence electrons. The Labute approximate surface area is 267 Å². The van der Waals surface area contributed by atoms with E-state index in [0.717, 1.165) is 16.2 Å². The monoisotopic (exact) mass is 676 g/mol. The minimum atomic E-state index is -1.56. The van der Waals surface area contributed by atoms with Crippen LogP contribution in [0.2, 0.25) is 0 Å². The van der Waals surface area contributed by atoms with Crippen LogP contribution in [-0.2, 0) is 30.6 Å². The minimum Gasteiger partial charge on any atom is -0.477 e. The van der Waals surface area contributed by atoms with Crippen LogP contribution in [-0.4, -0.2) is 92.6 Å². The van der Waals surface area contributed by atoms with Gasteiger partial charge in [0.2, 0.25) is 5.60 Å². The van der Waals surface area contributed by atoms with Gasteiger partial charge in [0, 0.05) is 28.1 Å². The molecular weight excluding hydrogens is 649 g/mol. The van der Waals surface area contributed by atoms with Gasteiger partial charge in [-0.05, 0) is 32.4 Å². The number of nitrogens with one attached hydrogen (secondary N) is 2. The van der Waals surface area contributed by atoms with Gasteiger partial charge >= 0.3 is 5.97 Å². The summed E-state index contributed by atoms with van der Waals surface area (Å²) in [5, 5.41) is 32.0. The lowest BCUT2D eigenvalue weighted by atomic mass is 10.0. The highest BCUT2D eigenvalue weighted by Crippen LogP contribution is 2.41. The fourth-order valence-corrected chi connectivity index (χ4v) is 7.54. The average Bonchev–Trinajstić information content (AvgIpc) is 3.63. The number of nitrogens with zero attached hydrogens (tertiary/aromatic N) is 6. The van der Waals surface area contributed by atoms with E-state index in [1.807, 2.05) is 5.43 Å². The first-order valence-corrected chi connectivity index (χ1v) is 16.0. The fourth-order valence-electron chi connectivity index (χ4n) is 4.45. The maximum Gasteiger partial charge on any atom is 0.352 e. The predicted octanol–water partition coefficient (Wildman–Crippen LogP) is -0.411. The van der Waals surface area contributed by atoms with Gasteiger partial charge in [-0.1, -0.05) is 5.16 Å². The van der Waals surface area contributed by atoms with E-state index in [2.05, 4.69) is 25.5 Å². The van der Waals surface area contributed by atoms with E-state index in [0.29, 0.717) is 27.5 Å². The van der Waals surface area contributed by atoms with Crippen LogP contribution in [0.25, 0.3) is 5.65 Å². The van der Waals surface area contributed by atoms with Crippen molar-refractivity contribution >= 4 is 75.0 Å². The second kappa shape index (κ2) is 12.6. The summed E-state index contributed by atoms with van der Waals surface area (Å²) in [6, 6.07) is 0.727. The number of fused-ring (bicyclic) bond motifs is 2. The molecule has 2 atom stereocenters. The SMILES string of the molecule is Cc1cc(SCC2=C(C(=O)O)N3C(=O)C(NC(=O)C(=NOC(C)(C)C(=O)NN)c4csc(N)n4)[C@@H]3SC2)n2ncc(CO)c2n1. The third-order valence-electron chi connectivity index (χ3n) is 6.76. The molecule has 0 saturated carbocycles. The summed E-state index contributed by atoms with van der Waals surface area (Å²) in [5.74, 6) is 2.25. The van der Waals surface area contributed by atoms with E-state index in [1.54, 1.807) is 17.5 Å². The van der Waals surface area contributed by atoms with Gasteiger partial charge in [0.25, 0.3) is 17.7 Å². The largest absolute Gasteiger partial charge is 0.477 e. The molecule has 20 heteroatoms. The van der Waals surface area contributed by atoms with Gasteiger partial charge in [-0.15, -0.1) is 34.9 Å². The Balaban J connectivity index is 1.34. The van der Waals surface area contributed by atoms with Crippen LogP contribution >= 0.6 is 34.9 Å². The first-order valence-electron chi connectivity index (χ1n) is 13.1. The van der Waals surface area contributed by atoms with Crippen molar-refractivity contribution in [3.05, 3.63) is 45.9 Å². The lowest BCUT2D eigenvalue weighted by Crippen LogP contribution is -2.71. The standard InChI is InChI=1S/C25H28N10O7S3/c1-10-4-14(35-18(29-10)11(6-36)5-28-35)43-7-12-8-44-21-16(20(38)34(21)17(12)22(39)40)31-19(37)15(13-9-45-24(26)30-13)33-42-25(2,3)23(41)32-27/h4-5,9,16,21,36H,6-8,27H2,1-3H3,(H2,26,30)(H,31,37)(H,32,41)(H,39,40)/t16?,21-/m0/s1. The van der Waals surface area contributed by atoms with Gasteiger partial charge in [0.05, 0.1) is 12.8 Å². The number of nitrogens with two attached hydrogens (primary N) is 2. The highest BCUT2D eigenvalue weighted by molar-refractivity contribution is 8.01. The van der Waals surface area contributed by atoms with Gasteiger partial charge in [-0.3, -0.25) is 24.7 Å². The van der Waals surface area contributed by atoms with Crippen molar-refractivity contribution < 1.29 is 34.2 Å². The first-order chi connectivity index (χ1) is 21.4. The van der Waals surface area contributed by atoms with Crippen molar-refractivity contribution in [1.82, 2.24) is 35.2 Å². The molecule has 1 unspecified atom stereocenters. The van der Waals surface area contributed by atoms with Crippen molar-refractivity contribution in [3.63, 3.8) is 0 Å². The number of anilines is 1. The maximum absolute atomic E-state index is 13.4. The van der Waals surface area contributed by atoms with Gasteiger partial charge in [-0.2, -0.15) is 5.10 Å². The number of aliphatic hydroxyl groups excluding tert-OH is 1. The summed E-state index contributed by atoms with van der Waals surface area (Å²) < 4.78 is 1.58. The number of thiazole rings is 1. The predicted molar refractivity (Wildman–Crippen MR) is 165 cm³/mol. The molecular formula is C25H28N10O7S3. The van der Waals surface area contributed by atoms with E-state index in [1.165, 1.54) is 48.9 Å². The minimum absolute atomic E-state index is 0.0491. The molecule has 8 N–H and O–H groups in total. The smallest absolute Gasteiger partial charge is 0.352 e. The topological polar surface area (TPSA) is 253 Å². The quantitative estimate of drug-likeness (QED) is 0.0287. The van der Waals surface area contributed by atoms with E-state index < -0.39 is 40.7 Å². The molecule has 0 aliphatic carbocycles. The third kappa shape index (κ3) is 6.18. The number of β-lactam (4-membered cyclic amide) rings is 1. The zero-order valence-electron chi connectivity index (χ0n) is 24.0. The molecule has 0 radical (unpaired) electrons. The summed E-state index contributed by atoms with van der Waals surface area (Å²) in [5.41, 5.74) is 7.94. The number of rotatable bonds is 11. The Morgan fingerprint density at radius 3 is 2.71 bits per heavy atom. The van der Waals surface area contributed by atoms with Crippen LogP contribution in [0.1, 0.15) is 30.8 Å². The normalized spacial score (nSPS) is 18.5. The number of nitrogen functional groups attached to an aromatic ring is 1. The number of thioether (sulfide) groups is 2. The van der Waals surface area contributed by atoms with E-state index in [9.17, 15) is 29.4 Å². The molecule has 0 aromatic carbocycles. The van der Waals surface area contributed by atoms with Crippen molar-refractivity contribution in [2.45, 2.75) is 49.4 Å². The summed E-state index contributed by atoms with van der Waals surface area (Å²) in [6.07, 6.45) is 1.52. The number of carboxylic acid groups (broad SMARTS) is 1. The molecule has 45 heavy (non-hydrogen) atoms. The Kier molecular flexibility index (Phi) is 9.03. The molecule has 1 fully saturated rings. The number of hydrazine groups is 1. The Morgan fingerprint density at radius 2 is 2.07 bits per heavy atom. The molecule has 2 aliphatic rings. The zero-order chi connectivity index (χ0) is 32.6. The Hall–Kier alpha value is -4.24. The molecule has 3 aromatic heterocycles. The van der Waals surface area contributed by atoms with Crippen LogP contribution < -0.4 is 22.3 Å². The first kappa shape index (κ1) is 32.2. The number of aliphatic carboxylic acids is 1. The third-order valence-corrected chi connectivity index (χ3v) is 9.86. The fraction of sp³-hybridized carbons (Fsp3) is 0.360. The number of carboxylic acids is 1. The number of oxime groups is 1. The average molecular weight is 677 g/mol. The van der Waals surface area contributed by atoms with Crippen LogP contribution in [0, 0.1) is 6.92 Å². The highest BCUT2D eigenvalue weighted by Gasteiger charge is 2.54. The molecule has 5 rings (SSSR count). The van der Waals surface area contributed by atoms with Gasteiger partial charge < -0.3 is 26.1 Å². The number of aryl methyl sites for hydroxylation is 1. The number of hydrogen-bond acceptors (Lipinski definition) is 15. The number of amides is 3. The van der Waals surface area contributed by atoms with Crippen LogP contribution in [0.15, 0.2) is 39.1 Å². The second-order valence-corrected chi connectivity index (χ2v) is 13.3. The van der Waals surface area contributed by atoms with Crippen molar-refractivity contribution in [2.75, 3.05) is 17.2 Å². The van der Waals surface area contributed by atoms with Crippen molar-refractivity contribution in [3.8, 4) is 0 Å².